The van der Waals surface area contributed by atoms with Gasteiger partial charge in [-0.25, -0.2) is 0 Å². The molecule has 0 aliphatic rings. The lowest BCUT2D eigenvalue weighted by Gasteiger charge is -2.08. The molecule has 0 amide bonds. The Hall–Kier alpha value is -0.580. The third-order valence-corrected chi connectivity index (χ3v) is 2.86. The van der Waals surface area contributed by atoms with Crippen LogP contribution in [0.5, 0.6) is 5.75 Å². The third-order valence-electron chi connectivity index (χ3n) is 2.09. The highest BCUT2D eigenvalue weighted by Crippen LogP contribution is 2.22. The molecule has 0 aliphatic heterocycles. The van der Waals surface area contributed by atoms with E-state index in [9.17, 15) is 0 Å². The third kappa shape index (κ3) is 4.51. The Kier molecular flexibility index (Phi) is 6.45. The van der Waals surface area contributed by atoms with Gasteiger partial charge >= 0.3 is 0 Å². The van der Waals surface area contributed by atoms with E-state index >= 15 is 0 Å². The number of methoxy groups -OCH3 is 1. The fourth-order valence-electron chi connectivity index (χ4n) is 1.23. The molecule has 4 heteroatoms. The topological polar surface area (TPSA) is 27.7 Å². The van der Waals surface area contributed by atoms with Crippen LogP contribution >= 0.6 is 15.9 Å². The Bertz CT molecular complexity index is 315. The van der Waals surface area contributed by atoms with Gasteiger partial charge in [0, 0.05) is 11.1 Å². The van der Waals surface area contributed by atoms with Gasteiger partial charge in [0.25, 0.3) is 0 Å². The van der Waals surface area contributed by atoms with E-state index in [4.69, 9.17) is 14.2 Å². The van der Waals surface area contributed by atoms with Crippen molar-refractivity contribution in [2.75, 3.05) is 26.9 Å². The van der Waals surface area contributed by atoms with E-state index in [1.165, 1.54) is 0 Å². The van der Waals surface area contributed by atoms with Gasteiger partial charge in [-0.15, -0.1) is 0 Å². The fourth-order valence-corrected chi connectivity index (χ4v) is 1.59. The molecule has 0 N–H and O–H groups in total. The van der Waals surface area contributed by atoms with Crippen LogP contribution in [0.25, 0.3) is 0 Å². The van der Waals surface area contributed by atoms with Gasteiger partial charge in [0.05, 0.1) is 26.9 Å². The number of halogens is 1. The molecule has 0 bridgehead atoms. The molecule has 0 aromatic heterocycles. The summed E-state index contributed by atoms with van der Waals surface area (Å²) >= 11 is 3.48. The predicted octanol–water partition coefficient (Wildman–Crippen LogP) is 3.01. The lowest BCUT2D eigenvalue weighted by molar-refractivity contribution is 0.0450. The molecule has 0 atom stereocenters. The number of hydrogen-bond donors (Lipinski definition) is 0. The zero-order valence-corrected chi connectivity index (χ0v) is 11.2. The van der Waals surface area contributed by atoms with Crippen molar-refractivity contribution in [1.82, 2.24) is 0 Å². The van der Waals surface area contributed by atoms with Crippen molar-refractivity contribution in [3.8, 4) is 5.75 Å². The largest absolute Gasteiger partial charge is 0.497 e. The molecule has 0 fully saturated rings. The van der Waals surface area contributed by atoms with Crippen molar-refractivity contribution in [3.05, 3.63) is 28.2 Å². The minimum atomic E-state index is 0.560. The van der Waals surface area contributed by atoms with Gasteiger partial charge in [0.15, 0.2) is 0 Å². The highest BCUT2D eigenvalue weighted by molar-refractivity contribution is 9.10. The summed E-state index contributed by atoms with van der Waals surface area (Å²) in [5.41, 5.74) is 1.08. The molecular weight excluding hydrogens is 272 g/mol. The zero-order chi connectivity index (χ0) is 11.8. The second-order valence-electron chi connectivity index (χ2n) is 3.21. The average molecular weight is 289 g/mol. The molecule has 90 valence electrons. The van der Waals surface area contributed by atoms with Crippen LogP contribution in [0.4, 0.5) is 0 Å². The van der Waals surface area contributed by atoms with Gasteiger partial charge in [-0.2, -0.15) is 0 Å². The molecule has 0 aliphatic carbocycles. The first kappa shape index (κ1) is 13.5. The normalized spacial score (nSPS) is 10.4. The summed E-state index contributed by atoms with van der Waals surface area (Å²) in [6.45, 7) is 4.51. The Morgan fingerprint density at radius 2 is 1.94 bits per heavy atom. The van der Waals surface area contributed by atoms with Crippen molar-refractivity contribution in [2.24, 2.45) is 0 Å². The van der Waals surface area contributed by atoms with Crippen LogP contribution in [0.2, 0.25) is 0 Å². The van der Waals surface area contributed by atoms with Crippen LogP contribution < -0.4 is 4.74 Å². The van der Waals surface area contributed by atoms with E-state index in [1.807, 2.05) is 25.1 Å². The van der Waals surface area contributed by atoms with Gasteiger partial charge < -0.3 is 14.2 Å². The number of hydrogen-bond acceptors (Lipinski definition) is 3. The summed E-state index contributed by atoms with van der Waals surface area (Å²) in [7, 11) is 1.66. The van der Waals surface area contributed by atoms with Crippen molar-refractivity contribution in [1.29, 1.82) is 0 Å². The smallest absolute Gasteiger partial charge is 0.119 e. The van der Waals surface area contributed by atoms with Crippen LogP contribution in [-0.2, 0) is 16.1 Å². The first-order valence-corrected chi connectivity index (χ1v) is 6.05. The molecule has 1 aromatic rings. The van der Waals surface area contributed by atoms with Crippen LogP contribution in [0.1, 0.15) is 12.5 Å². The summed E-state index contributed by atoms with van der Waals surface area (Å²) in [6.07, 6.45) is 0. The summed E-state index contributed by atoms with van der Waals surface area (Å²) < 4.78 is 16.9. The lowest BCUT2D eigenvalue weighted by atomic mass is 10.2. The molecule has 0 heterocycles. The highest BCUT2D eigenvalue weighted by atomic mass is 79.9. The Morgan fingerprint density at radius 1 is 1.19 bits per heavy atom. The molecule has 1 aromatic carbocycles. The van der Waals surface area contributed by atoms with E-state index in [0.29, 0.717) is 19.8 Å². The second-order valence-corrected chi connectivity index (χ2v) is 4.06. The predicted molar refractivity (Wildman–Crippen MR) is 66.8 cm³/mol. The van der Waals surface area contributed by atoms with Crippen molar-refractivity contribution in [2.45, 2.75) is 13.5 Å². The first-order chi connectivity index (χ1) is 7.77. The van der Waals surface area contributed by atoms with E-state index in [2.05, 4.69) is 15.9 Å². The van der Waals surface area contributed by atoms with Crippen molar-refractivity contribution < 1.29 is 14.2 Å². The first-order valence-electron chi connectivity index (χ1n) is 5.25. The molecule has 0 saturated carbocycles. The van der Waals surface area contributed by atoms with Gasteiger partial charge in [-0.1, -0.05) is 15.9 Å². The standard InChI is InChI=1S/C12H17BrO3/c1-3-15-6-7-16-9-10-8-11(14-2)4-5-12(10)13/h4-5,8H,3,6-7,9H2,1-2H3. The van der Waals surface area contributed by atoms with Crippen LogP contribution in [0.3, 0.4) is 0 Å². The summed E-state index contributed by atoms with van der Waals surface area (Å²) in [4.78, 5) is 0. The molecule has 0 unspecified atom stereocenters. The van der Waals surface area contributed by atoms with Crippen LogP contribution in [0, 0.1) is 0 Å². The van der Waals surface area contributed by atoms with Crippen molar-refractivity contribution in [3.63, 3.8) is 0 Å². The monoisotopic (exact) mass is 288 g/mol. The molecule has 0 radical (unpaired) electrons. The number of ether oxygens (including phenoxy) is 3. The molecule has 0 spiro atoms. The quantitative estimate of drug-likeness (QED) is 0.722. The summed E-state index contributed by atoms with van der Waals surface area (Å²) in [5, 5.41) is 0. The van der Waals surface area contributed by atoms with Crippen LogP contribution in [-0.4, -0.2) is 26.9 Å². The molecule has 3 nitrogen and oxygen atoms in total. The minimum Gasteiger partial charge on any atom is -0.497 e. The lowest BCUT2D eigenvalue weighted by Crippen LogP contribution is -2.04. The SMILES string of the molecule is CCOCCOCc1cc(OC)ccc1Br. The van der Waals surface area contributed by atoms with Gasteiger partial charge in [0.1, 0.15) is 5.75 Å². The van der Waals surface area contributed by atoms with Crippen molar-refractivity contribution >= 4 is 15.9 Å². The maximum absolute atomic E-state index is 5.49. The molecule has 0 saturated heterocycles. The van der Waals surface area contributed by atoms with Gasteiger partial charge in [-0.3, -0.25) is 0 Å². The van der Waals surface area contributed by atoms with E-state index in [1.54, 1.807) is 7.11 Å². The fraction of sp³-hybridized carbons (Fsp3) is 0.500. The zero-order valence-electron chi connectivity index (χ0n) is 9.66. The average Bonchev–Trinajstić information content (AvgIpc) is 2.31. The Labute approximate surface area is 105 Å². The minimum absolute atomic E-state index is 0.560. The number of benzene rings is 1. The number of rotatable bonds is 7. The highest BCUT2D eigenvalue weighted by Gasteiger charge is 2.02. The Morgan fingerprint density at radius 3 is 2.62 bits per heavy atom. The maximum Gasteiger partial charge on any atom is 0.119 e. The maximum atomic E-state index is 5.49. The summed E-state index contributed by atoms with van der Waals surface area (Å²) in [5.74, 6) is 0.839. The molecule has 1 rings (SSSR count). The van der Waals surface area contributed by atoms with E-state index in [0.717, 1.165) is 22.4 Å². The molecule has 16 heavy (non-hydrogen) atoms. The molecular formula is C12H17BrO3. The second kappa shape index (κ2) is 7.65. The van der Waals surface area contributed by atoms with E-state index < -0.39 is 0 Å². The Balaban J connectivity index is 2.40. The van der Waals surface area contributed by atoms with Gasteiger partial charge in [0.2, 0.25) is 0 Å². The van der Waals surface area contributed by atoms with Gasteiger partial charge in [-0.05, 0) is 30.7 Å². The summed E-state index contributed by atoms with van der Waals surface area (Å²) in [6, 6.07) is 5.83. The van der Waals surface area contributed by atoms with E-state index in [-0.39, 0.29) is 0 Å². The van der Waals surface area contributed by atoms with Crippen LogP contribution in [0.15, 0.2) is 22.7 Å².